The number of aromatic nitrogens is 1. The molecule has 0 bridgehead atoms. The first-order valence-corrected chi connectivity index (χ1v) is 8.24. The van der Waals surface area contributed by atoms with Crippen molar-refractivity contribution in [3.63, 3.8) is 0 Å². The maximum Gasteiger partial charge on any atom is 0.252 e. The van der Waals surface area contributed by atoms with Crippen LogP contribution in [0.15, 0.2) is 12.3 Å². The fraction of sp³-hybridized carbons (Fsp3) is 0.625. The number of halogens is 1. The molecule has 0 aliphatic carbocycles. The molecule has 0 radical (unpaired) electrons. The maximum atomic E-state index is 12.0. The van der Waals surface area contributed by atoms with Gasteiger partial charge in [-0.1, -0.05) is 11.6 Å². The SMILES string of the molecule is CC(C)OCCCNC(=O)c1cnc(OC2CCOC2)c(Cl)c1. The first-order chi connectivity index (χ1) is 11.1. The molecular weight excluding hydrogens is 320 g/mol. The lowest BCUT2D eigenvalue weighted by Crippen LogP contribution is -2.26. The highest BCUT2D eigenvalue weighted by molar-refractivity contribution is 6.32. The molecule has 0 aromatic carbocycles. The minimum absolute atomic E-state index is 0.0272. The molecular formula is C16H23ClN2O4. The molecule has 1 N–H and O–H groups in total. The number of pyridine rings is 1. The topological polar surface area (TPSA) is 69.7 Å². The fourth-order valence-corrected chi connectivity index (χ4v) is 2.31. The summed E-state index contributed by atoms with van der Waals surface area (Å²) < 4.78 is 16.3. The van der Waals surface area contributed by atoms with Crippen LogP contribution in [-0.2, 0) is 9.47 Å². The summed E-state index contributed by atoms with van der Waals surface area (Å²) in [5.74, 6) is 0.128. The van der Waals surface area contributed by atoms with Crippen molar-refractivity contribution in [2.75, 3.05) is 26.4 Å². The Kier molecular flexibility index (Phi) is 7.08. The van der Waals surface area contributed by atoms with Crippen LogP contribution in [0.3, 0.4) is 0 Å². The Hall–Kier alpha value is -1.37. The highest BCUT2D eigenvalue weighted by atomic mass is 35.5. The van der Waals surface area contributed by atoms with E-state index in [1.807, 2.05) is 13.8 Å². The summed E-state index contributed by atoms with van der Waals surface area (Å²) in [5, 5.41) is 3.14. The van der Waals surface area contributed by atoms with Gasteiger partial charge in [0.2, 0.25) is 5.88 Å². The summed E-state index contributed by atoms with van der Waals surface area (Å²) in [5.41, 5.74) is 0.412. The van der Waals surface area contributed by atoms with Crippen LogP contribution in [0.5, 0.6) is 5.88 Å². The van der Waals surface area contributed by atoms with Crippen molar-refractivity contribution in [1.29, 1.82) is 0 Å². The Bertz CT molecular complexity index is 519. The van der Waals surface area contributed by atoms with E-state index in [1.165, 1.54) is 6.20 Å². The van der Waals surface area contributed by atoms with Crippen LogP contribution in [0, 0.1) is 0 Å². The van der Waals surface area contributed by atoms with Gasteiger partial charge in [0.1, 0.15) is 11.1 Å². The van der Waals surface area contributed by atoms with Gasteiger partial charge in [-0.05, 0) is 26.3 Å². The van der Waals surface area contributed by atoms with E-state index in [-0.39, 0.29) is 18.1 Å². The van der Waals surface area contributed by atoms with Crippen LogP contribution in [-0.4, -0.2) is 49.5 Å². The van der Waals surface area contributed by atoms with Gasteiger partial charge in [-0.25, -0.2) is 4.98 Å². The van der Waals surface area contributed by atoms with E-state index < -0.39 is 0 Å². The second kappa shape index (κ2) is 9.05. The van der Waals surface area contributed by atoms with Gasteiger partial charge in [0, 0.05) is 25.8 Å². The highest BCUT2D eigenvalue weighted by Gasteiger charge is 2.19. The molecule has 2 rings (SSSR count). The number of nitrogens with one attached hydrogen (secondary N) is 1. The number of hydrogen-bond donors (Lipinski definition) is 1. The van der Waals surface area contributed by atoms with E-state index in [2.05, 4.69) is 10.3 Å². The number of amides is 1. The van der Waals surface area contributed by atoms with Crippen molar-refractivity contribution in [2.24, 2.45) is 0 Å². The molecule has 1 unspecified atom stereocenters. The second-order valence-electron chi connectivity index (χ2n) is 5.64. The third-order valence-electron chi connectivity index (χ3n) is 3.29. The molecule has 1 aromatic rings. The van der Waals surface area contributed by atoms with Crippen LogP contribution in [0.1, 0.15) is 37.0 Å². The zero-order chi connectivity index (χ0) is 16.7. The van der Waals surface area contributed by atoms with Gasteiger partial charge in [-0.3, -0.25) is 4.79 Å². The summed E-state index contributed by atoms with van der Waals surface area (Å²) in [7, 11) is 0. The Morgan fingerprint density at radius 1 is 1.57 bits per heavy atom. The number of carbonyl (C=O) groups excluding carboxylic acids is 1. The normalized spacial score (nSPS) is 17.5. The summed E-state index contributed by atoms with van der Waals surface area (Å²) >= 11 is 6.14. The fourth-order valence-electron chi connectivity index (χ4n) is 2.10. The molecule has 7 heteroatoms. The molecule has 1 fully saturated rings. The predicted octanol–water partition coefficient (Wildman–Crippen LogP) is 2.45. The second-order valence-corrected chi connectivity index (χ2v) is 6.05. The molecule has 1 atom stereocenters. The summed E-state index contributed by atoms with van der Waals surface area (Å²) in [6.07, 6.45) is 3.22. The minimum Gasteiger partial charge on any atom is -0.471 e. The number of ether oxygens (including phenoxy) is 3. The van der Waals surface area contributed by atoms with Crippen molar-refractivity contribution in [1.82, 2.24) is 10.3 Å². The standard InChI is InChI=1S/C16H23ClN2O4/c1-11(2)22-6-3-5-18-15(20)12-8-14(17)16(19-9-12)23-13-4-7-21-10-13/h8-9,11,13H,3-7,10H2,1-2H3,(H,18,20). The molecule has 0 saturated carbocycles. The van der Waals surface area contributed by atoms with E-state index in [0.717, 1.165) is 12.8 Å². The first kappa shape index (κ1) is 18.0. The van der Waals surface area contributed by atoms with Crippen molar-refractivity contribution in [3.05, 3.63) is 22.8 Å². The van der Waals surface area contributed by atoms with E-state index >= 15 is 0 Å². The Labute approximate surface area is 141 Å². The lowest BCUT2D eigenvalue weighted by atomic mass is 10.2. The van der Waals surface area contributed by atoms with E-state index in [1.54, 1.807) is 6.07 Å². The number of carbonyl (C=O) groups is 1. The Balaban J connectivity index is 1.80. The van der Waals surface area contributed by atoms with Crippen molar-refractivity contribution >= 4 is 17.5 Å². The monoisotopic (exact) mass is 342 g/mol. The lowest BCUT2D eigenvalue weighted by Gasteiger charge is -2.13. The third kappa shape index (κ3) is 5.97. The zero-order valence-corrected chi connectivity index (χ0v) is 14.3. The first-order valence-electron chi connectivity index (χ1n) is 7.86. The maximum absolute atomic E-state index is 12.0. The van der Waals surface area contributed by atoms with Gasteiger partial charge < -0.3 is 19.5 Å². The van der Waals surface area contributed by atoms with E-state index in [0.29, 0.717) is 42.8 Å². The Morgan fingerprint density at radius 3 is 3.04 bits per heavy atom. The van der Waals surface area contributed by atoms with E-state index in [9.17, 15) is 4.79 Å². The quantitative estimate of drug-likeness (QED) is 0.735. The number of hydrogen-bond acceptors (Lipinski definition) is 5. The lowest BCUT2D eigenvalue weighted by molar-refractivity contribution is 0.0757. The van der Waals surface area contributed by atoms with Gasteiger partial charge in [0.05, 0.1) is 24.9 Å². The zero-order valence-electron chi connectivity index (χ0n) is 13.5. The number of rotatable bonds is 8. The summed E-state index contributed by atoms with van der Waals surface area (Å²) in [6.45, 7) is 6.34. The average molecular weight is 343 g/mol. The molecule has 1 aliphatic heterocycles. The largest absolute Gasteiger partial charge is 0.471 e. The molecule has 1 saturated heterocycles. The van der Waals surface area contributed by atoms with Crippen molar-refractivity contribution in [3.8, 4) is 5.88 Å². The smallest absolute Gasteiger partial charge is 0.252 e. The molecule has 0 spiro atoms. The van der Waals surface area contributed by atoms with Crippen LogP contribution in [0.2, 0.25) is 5.02 Å². The number of nitrogens with zero attached hydrogens (tertiary/aromatic N) is 1. The molecule has 1 amide bonds. The van der Waals surface area contributed by atoms with Gasteiger partial charge in [-0.15, -0.1) is 0 Å². The summed E-state index contributed by atoms with van der Waals surface area (Å²) in [6, 6.07) is 1.57. The molecule has 1 aliphatic rings. The average Bonchev–Trinajstić information content (AvgIpc) is 3.01. The minimum atomic E-state index is -0.209. The molecule has 128 valence electrons. The molecule has 23 heavy (non-hydrogen) atoms. The van der Waals surface area contributed by atoms with Crippen molar-refractivity contribution < 1.29 is 19.0 Å². The van der Waals surface area contributed by atoms with Crippen LogP contribution in [0.25, 0.3) is 0 Å². The Morgan fingerprint density at radius 2 is 2.39 bits per heavy atom. The van der Waals surface area contributed by atoms with E-state index in [4.69, 9.17) is 25.8 Å². The highest BCUT2D eigenvalue weighted by Crippen LogP contribution is 2.25. The van der Waals surface area contributed by atoms with Gasteiger partial charge in [-0.2, -0.15) is 0 Å². The van der Waals surface area contributed by atoms with Gasteiger partial charge in [0.15, 0.2) is 0 Å². The van der Waals surface area contributed by atoms with Crippen LogP contribution < -0.4 is 10.1 Å². The van der Waals surface area contributed by atoms with Gasteiger partial charge in [0.25, 0.3) is 5.91 Å². The molecule has 2 heterocycles. The van der Waals surface area contributed by atoms with Crippen molar-refractivity contribution in [2.45, 2.75) is 38.9 Å². The summed E-state index contributed by atoms with van der Waals surface area (Å²) in [4.78, 5) is 16.2. The van der Waals surface area contributed by atoms with Gasteiger partial charge >= 0.3 is 0 Å². The molecule has 1 aromatic heterocycles. The van der Waals surface area contributed by atoms with Crippen LogP contribution >= 0.6 is 11.6 Å². The molecule has 6 nitrogen and oxygen atoms in total. The predicted molar refractivity (Wildman–Crippen MR) is 87.1 cm³/mol. The third-order valence-corrected chi connectivity index (χ3v) is 3.56. The van der Waals surface area contributed by atoms with Crippen LogP contribution in [0.4, 0.5) is 0 Å².